The molecule has 2 aromatic rings. The Hall–Kier alpha value is -0.570. The summed E-state index contributed by atoms with van der Waals surface area (Å²) in [6.07, 6.45) is 6.35. The number of allylic oxidation sites excluding steroid dienone is 3. The number of thioether (sulfide) groups is 2. The molecule has 0 saturated carbocycles. The van der Waals surface area contributed by atoms with E-state index in [4.69, 9.17) is 10.9 Å². The first-order valence-corrected chi connectivity index (χ1v) is 12.3. The van der Waals surface area contributed by atoms with Crippen LogP contribution in [0.15, 0.2) is 56.6 Å². The summed E-state index contributed by atoms with van der Waals surface area (Å²) in [4.78, 5) is 7.43. The molecule has 2 aromatic heterocycles. The fourth-order valence-electron chi connectivity index (χ4n) is 2.30. The summed E-state index contributed by atoms with van der Waals surface area (Å²) in [5.41, 5.74) is 7.34. The summed E-state index contributed by atoms with van der Waals surface area (Å²) < 4.78 is 0. The highest BCUT2D eigenvalue weighted by atomic mass is 32.2. The fourth-order valence-corrected chi connectivity index (χ4v) is 7.26. The van der Waals surface area contributed by atoms with E-state index in [1.54, 1.807) is 34.4 Å². The van der Waals surface area contributed by atoms with Gasteiger partial charge in [0.15, 0.2) is 0 Å². The molecule has 4 N–H and O–H groups in total. The van der Waals surface area contributed by atoms with Crippen LogP contribution in [0, 0.1) is 0 Å². The van der Waals surface area contributed by atoms with Crippen molar-refractivity contribution in [1.29, 1.82) is 0 Å². The lowest BCUT2D eigenvalue weighted by Gasteiger charge is -2.13. The van der Waals surface area contributed by atoms with Gasteiger partial charge in [0.1, 0.15) is 0 Å². The van der Waals surface area contributed by atoms with Crippen molar-refractivity contribution in [2.45, 2.75) is 24.7 Å². The molecule has 132 valence electrons. The van der Waals surface area contributed by atoms with Crippen molar-refractivity contribution in [3.8, 4) is 9.75 Å². The molecule has 0 spiro atoms. The summed E-state index contributed by atoms with van der Waals surface area (Å²) >= 11 is 8.49. The molecule has 0 radical (unpaired) electrons. The molecule has 1 aliphatic heterocycles. The third kappa shape index (κ3) is 4.78. The van der Waals surface area contributed by atoms with Crippen LogP contribution in [0.2, 0.25) is 0 Å². The zero-order chi connectivity index (χ0) is 17.6. The van der Waals surface area contributed by atoms with E-state index in [0.29, 0.717) is 0 Å². The lowest BCUT2D eigenvalue weighted by molar-refractivity contribution is 1.08. The Bertz CT molecular complexity index is 800. The molecule has 1 aliphatic rings. The minimum absolute atomic E-state index is 0.843. The molecule has 7 heteroatoms. The average molecular weight is 425 g/mol. The lowest BCUT2D eigenvalue weighted by Crippen LogP contribution is -2.00. The van der Waals surface area contributed by atoms with Gasteiger partial charge in [-0.25, -0.2) is 0 Å². The molecular formula is C18H20N2S5. The van der Waals surface area contributed by atoms with Gasteiger partial charge in [-0.1, -0.05) is 25.1 Å². The van der Waals surface area contributed by atoms with Crippen LogP contribution < -0.4 is 10.9 Å². The Kier molecular flexibility index (Phi) is 7.21. The molecule has 0 saturated heterocycles. The van der Waals surface area contributed by atoms with Crippen LogP contribution in [0.25, 0.3) is 14.7 Å². The molecule has 0 aromatic carbocycles. The Morgan fingerprint density at radius 1 is 1.32 bits per heavy atom. The highest BCUT2D eigenvalue weighted by Gasteiger charge is 2.18. The van der Waals surface area contributed by atoms with Gasteiger partial charge in [0.25, 0.3) is 0 Å². The minimum Gasteiger partial charge on any atom is -0.401 e. The second-order valence-electron chi connectivity index (χ2n) is 5.29. The summed E-state index contributed by atoms with van der Waals surface area (Å²) in [7, 11) is 0. The van der Waals surface area contributed by atoms with Crippen molar-refractivity contribution in [2.75, 3.05) is 5.75 Å². The van der Waals surface area contributed by atoms with Gasteiger partial charge in [-0.15, -0.1) is 46.2 Å². The summed E-state index contributed by atoms with van der Waals surface area (Å²) in [5, 5.41) is 10.2. The van der Waals surface area contributed by atoms with E-state index in [1.165, 1.54) is 36.4 Å². The van der Waals surface area contributed by atoms with Crippen molar-refractivity contribution in [1.82, 2.24) is 0 Å². The van der Waals surface area contributed by atoms with Gasteiger partial charge in [0.05, 0.1) is 4.88 Å². The van der Waals surface area contributed by atoms with Crippen LogP contribution in [0.1, 0.15) is 24.6 Å². The zero-order valence-corrected chi connectivity index (χ0v) is 17.9. The number of hydrogen-bond acceptors (Lipinski definition) is 7. The van der Waals surface area contributed by atoms with Crippen molar-refractivity contribution in [3.63, 3.8) is 0 Å². The first-order chi connectivity index (χ1) is 12.2. The highest BCUT2D eigenvalue weighted by molar-refractivity contribution is 8.11. The van der Waals surface area contributed by atoms with Gasteiger partial charge in [-0.2, -0.15) is 0 Å². The smallest absolute Gasteiger partial charge is 0.0579 e. The molecule has 0 unspecified atom stereocenters. The fraction of sp³-hybridized carbons (Fsp3) is 0.222. The average Bonchev–Trinajstić information content (AvgIpc) is 3.32. The Labute approximate surface area is 170 Å². The summed E-state index contributed by atoms with van der Waals surface area (Å²) in [5.74, 6) is 0.950. The molecular weight excluding hydrogens is 405 g/mol. The molecule has 2 nitrogen and oxygen atoms in total. The van der Waals surface area contributed by atoms with E-state index < -0.39 is 0 Å². The highest BCUT2D eigenvalue weighted by Crippen LogP contribution is 2.45. The largest absolute Gasteiger partial charge is 0.401 e. The number of nitrogens with two attached hydrogens (primary N) is 2. The standard InChI is InChI=1S/C18H20N2S5/c1-2-13(19)17(23-11-12-6-3-4-8-21-12)18-16(25-20)10-15(24-18)14-7-5-9-22-14/h4-10H,2-3,11,19-20H2,1H3/b17-13+. The van der Waals surface area contributed by atoms with Crippen LogP contribution in [-0.2, 0) is 0 Å². The van der Waals surface area contributed by atoms with Crippen LogP contribution >= 0.6 is 58.1 Å². The molecule has 0 amide bonds. The number of thiophene rings is 2. The van der Waals surface area contributed by atoms with Gasteiger partial charge in [0.2, 0.25) is 0 Å². The van der Waals surface area contributed by atoms with Crippen LogP contribution in [0.3, 0.4) is 0 Å². The van der Waals surface area contributed by atoms with E-state index in [9.17, 15) is 0 Å². The molecule has 0 fully saturated rings. The normalized spacial score (nSPS) is 15.2. The third-order valence-corrected chi connectivity index (χ3v) is 9.01. The summed E-state index contributed by atoms with van der Waals surface area (Å²) in [6, 6.07) is 6.43. The maximum Gasteiger partial charge on any atom is 0.0579 e. The van der Waals surface area contributed by atoms with Crippen molar-refractivity contribution in [3.05, 3.63) is 56.6 Å². The van der Waals surface area contributed by atoms with Gasteiger partial charge in [0, 0.05) is 31.0 Å². The Balaban J connectivity index is 1.89. The van der Waals surface area contributed by atoms with E-state index in [2.05, 4.69) is 48.1 Å². The zero-order valence-electron chi connectivity index (χ0n) is 13.9. The first-order valence-electron chi connectivity index (χ1n) is 7.89. The van der Waals surface area contributed by atoms with Crippen LogP contribution in [0.4, 0.5) is 0 Å². The minimum atomic E-state index is 0.843. The summed E-state index contributed by atoms with van der Waals surface area (Å²) in [6.45, 7) is 2.11. The van der Waals surface area contributed by atoms with E-state index in [1.807, 2.05) is 11.8 Å². The quantitative estimate of drug-likeness (QED) is 0.482. The molecule has 0 atom stereocenters. The maximum atomic E-state index is 6.39. The third-order valence-electron chi connectivity index (χ3n) is 3.62. The molecule has 0 aliphatic carbocycles. The van der Waals surface area contributed by atoms with E-state index >= 15 is 0 Å². The van der Waals surface area contributed by atoms with Gasteiger partial charge in [-0.05, 0) is 52.6 Å². The van der Waals surface area contributed by atoms with Crippen molar-refractivity contribution >= 4 is 63.1 Å². The predicted octanol–water partition coefficient (Wildman–Crippen LogP) is 6.75. The lowest BCUT2D eigenvalue weighted by atomic mass is 10.3. The Morgan fingerprint density at radius 2 is 2.20 bits per heavy atom. The van der Waals surface area contributed by atoms with E-state index in [0.717, 1.165) is 29.2 Å². The van der Waals surface area contributed by atoms with Gasteiger partial charge in [-0.3, -0.25) is 5.14 Å². The van der Waals surface area contributed by atoms with Gasteiger partial charge < -0.3 is 5.73 Å². The SMILES string of the molecule is CC/C(N)=C(\SCC1=CCC=CS1)c1sc(-c2cccs2)cc1SN. The monoisotopic (exact) mass is 424 g/mol. The van der Waals surface area contributed by atoms with Crippen molar-refractivity contribution in [2.24, 2.45) is 10.9 Å². The molecule has 0 bridgehead atoms. The topological polar surface area (TPSA) is 52.0 Å². The number of hydrogen-bond donors (Lipinski definition) is 2. The molecule has 3 heterocycles. The molecule has 25 heavy (non-hydrogen) atoms. The van der Waals surface area contributed by atoms with E-state index in [-0.39, 0.29) is 0 Å². The van der Waals surface area contributed by atoms with Crippen LogP contribution in [0.5, 0.6) is 0 Å². The van der Waals surface area contributed by atoms with Crippen molar-refractivity contribution < 1.29 is 0 Å². The number of rotatable bonds is 7. The second-order valence-corrected chi connectivity index (χ2v) is 9.98. The predicted molar refractivity (Wildman–Crippen MR) is 121 cm³/mol. The second kappa shape index (κ2) is 9.39. The van der Waals surface area contributed by atoms with Crippen LogP contribution in [-0.4, -0.2) is 5.75 Å². The molecule has 3 rings (SSSR count). The van der Waals surface area contributed by atoms with Gasteiger partial charge >= 0.3 is 0 Å². The first kappa shape index (κ1) is 19.2. The maximum absolute atomic E-state index is 6.39. The Morgan fingerprint density at radius 3 is 2.84 bits per heavy atom.